The number of carbonyl (C=O) groups excluding carboxylic acids is 1. The number of rotatable bonds is 14. The molecule has 1 atom stereocenters. The fourth-order valence-electron chi connectivity index (χ4n) is 4.06. The summed E-state index contributed by atoms with van der Waals surface area (Å²) in [6.45, 7) is 6.69. The Kier molecular flexibility index (Phi) is 9.81. The molecule has 1 aliphatic rings. The molecule has 2 aromatic carbocycles. The molecule has 0 amide bonds. The molecule has 196 valence electrons. The van der Waals surface area contributed by atoms with E-state index in [9.17, 15) is 13.9 Å². The van der Waals surface area contributed by atoms with E-state index in [1.165, 1.54) is 0 Å². The summed E-state index contributed by atoms with van der Waals surface area (Å²) in [7, 11) is -8.27. The van der Waals surface area contributed by atoms with Crippen LogP contribution in [0.5, 0.6) is 0 Å². The molecule has 36 heavy (non-hydrogen) atoms. The minimum atomic E-state index is -4.13. The molecule has 0 spiro atoms. The number of ether oxygens (including phenoxy) is 1. The van der Waals surface area contributed by atoms with Gasteiger partial charge in [0.1, 0.15) is 0 Å². The molecular weight excluding hydrogens is 504 g/mol. The Labute approximate surface area is 212 Å². The van der Waals surface area contributed by atoms with Crippen LogP contribution in [0.2, 0.25) is 0 Å². The minimum absolute atomic E-state index is 0.0212. The maximum Gasteiger partial charge on any atom is 0.345 e. The van der Waals surface area contributed by atoms with Crippen molar-refractivity contribution in [1.82, 2.24) is 0 Å². The average Bonchev–Trinajstić information content (AvgIpc) is 3.21. The Balaban J connectivity index is 2.25. The van der Waals surface area contributed by atoms with Gasteiger partial charge in [0.05, 0.1) is 26.4 Å². The smallest absolute Gasteiger partial charge is 0.345 e. The lowest BCUT2D eigenvalue weighted by Gasteiger charge is -2.35. The third kappa shape index (κ3) is 5.88. The van der Waals surface area contributed by atoms with Crippen molar-refractivity contribution < 1.29 is 36.8 Å². The van der Waals surface area contributed by atoms with Gasteiger partial charge in [-0.25, -0.2) is 9.79 Å². The molecule has 1 unspecified atom stereocenters. The lowest BCUT2D eigenvalue weighted by atomic mass is 9.88. The highest BCUT2D eigenvalue weighted by Crippen LogP contribution is 2.73. The molecule has 1 heterocycles. The molecule has 0 bridgehead atoms. The van der Waals surface area contributed by atoms with Crippen LogP contribution in [0.1, 0.15) is 45.2 Å². The van der Waals surface area contributed by atoms with Gasteiger partial charge in [-0.05, 0) is 45.4 Å². The van der Waals surface area contributed by atoms with E-state index in [0.29, 0.717) is 11.1 Å². The molecule has 0 saturated heterocycles. The zero-order chi connectivity index (χ0) is 26.2. The Morgan fingerprint density at radius 1 is 0.778 bits per heavy atom. The van der Waals surface area contributed by atoms with Crippen LogP contribution in [-0.2, 0) is 42.3 Å². The summed E-state index contributed by atoms with van der Waals surface area (Å²) < 4.78 is 56.4. The van der Waals surface area contributed by atoms with Crippen molar-refractivity contribution in [2.24, 2.45) is 4.99 Å². The molecule has 3 rings (SSSR count). The van der Waals surface area contributed by atoms with Crippen LogP contribution >= 0.6 is 15.2 Å². The van der Waals surface area contributed by atoms with Crippen molar-refractivity contribution in [3.8, 4) is 0 Å². The van der Waals surface area contributed by atoms with Crippen LogP contribution < -0.4 is 0 Å². The van der Waals surface area contributed by atoms with Crippen LogP contribution in [0.4, 0.5) is 0 Å². The SMILES string of the molecule is CCOP(=O)(OCC)C(CC1(c2ccccc2)N=C(c2ccccc2)OC1=O)P(=O)(OCC)OCC. The van der Waals surface area contributed by atoms with Gasteiger partial charge in [0.25, 0.3) is 0 Å². The number of cyclic esters (lactones) is 1. The Morgan fingerprint density at radius 2 is 1.22 bits per heavy atom. The fourth-order valence-corrected chi connectivity index (χ4v) is 9.50. The van der Waals surface area contributed by atoms with Gasteiger partial charge in [-0.15, -0.1) is 0 Å². The van der Waals surface area contributed by atoms with E-state index in [0.717, 1.165) is 0 Å². The number of nitrogens with zero attached hydrogens (tertiary/aromatic N) is 1. The topological polar surface area (TPSA) is 110 Å². The molecule has 0 aromatic heterocycles. The summed E-state index contributed by atoms with van der Waals surface area (Å²) in [5, 5.41) is -1.45. The van der Waals surface area contributed by atoms with Crippen LogP contribution in [0.25, 0.3) is 0 Å². The quantitative estimate of drug-likeness (QED) is 0.209. The molecule has 0 aliphatic carbocycles. The van der Waals surface area contributed by atoms with E-state index in [1.54, 1.807) is 82.3 Å². The summed E-state index contributed by atoms with van der Waals surface area (Å²) in [6, 6.07) is 17.7. The first-order valence-electron chi connectivity index (χ1n) is 12.0. The summed E-state index contributed by atoms with van der Waals surface area (Å²) in [6.07, 6.45) is -0.346. The molecule has 0 N–H and O–H groups in total. The van der Waals surface area contributed by atoms with E-state index < -0.39 is 32.1 Å². The van der Waals surface area contributed by atoms with E-state index in [2.05, 4.69) is 0 Å². The highest BCUT2D eigenvalue weighted by molar-refractivity contribution is 7.72. The lowest BCUT2D eigenvalue weighted by molar-refractivity contribution is -0.139. The second-order valence-corrected chi connectivity index (χ2v) is 12.7. The predicted molar refractivity (Wildman–Crippen MR) is 137 cm³/mol. The molecule has 2 aromatic rings. The first-order valence-corrected chi connectivity index (χ1v) is 15.2. The van der Waals surface area contributed by atoms with E-state index in [-0.39, 0.29) is 38.7 Å². The summed E-state index contributed by atoms with van der Waals surface area (Å²) in [4.78, 5) is 18.4. The maximum atomic E-state index is 14.2. The number of aliphatic imine (C=N–C) groups is 1. The van der Waals surface area contributed by atoms with Crippen molar-refractivity contribution in [3.05, 3.63) is 71.8 Å². The molecule has 11 heteroatoms. The van der Waals surface area contributed by atoms with Crippen molar-refractivity contribution >= 4 is 27.1 Å². The Hall–Kier alpha value is -2.12. The van der Waals surface area contributed by atoms with Crippen LogP contribution in [0, 0.1) is 0 Å². The molecule has 0 fully saturated rings. The molecule has 9 nitrogen and oxygen atoms in total. The number of hydrogen-bond donors (Lipinski definition) is 0. The fraction of sp³-hybridized carbons (Fsp3) is 0.440. The zero-order valence-electron chi connectivity index (χ0n) is 21.0. The normalized spacial score (nSPS) is 18.4. The third-order valence-electron chi connectivity index (χ3n) is 5.54. The number of benzene rings is 2. The van der Waals surface area contributed by atoms with Crippen molar-refractivity contribution in [2.45, 2.75) is 45.1 Å². The summed E-state index contributed by atoms with van der Waals surface area (Å²) >= 11 is 0. The van der Waals surface area contributed by atoms with Gasteiger partial charge < -0.3 is 22.8 Å². The van der Waals surface area contributed by atoms with Crippen molar-refractivity contribution in [3.63, 3.8) is 0 Å². The first kappa shape index (κ1) is 28.5. The van der Waals surface area contributed by atoms with Crippen LogP contribution in [0.3, 0.4) is 0 Å². The number of carbonyl (C=O) groups is 1. The van der Waals surface area contributed by atoms with Gasteiger partial charge in [0.15, 0.2) is 10.9 Å². The van der Waals surface area contributed by atoms with Gasteiger partial charge in [0.2, 0.25) is 5.90 Å². The second-order valence-electron chi connectivity index (χ2n) is 7.83. The van der Waals surface area contributed by atoms with E-state index in [1.807, 2.05) is 6.07 Å². The molecule has 0 radical (unpaired) electrons. The van der Waals surface area contributed by atoms with E-state index in [4.69, 9.17) is 27.8 Å². The number of esters is 1. The molecule has 1 aliphatic heterocycles. The van der Waals surface area contributed by atoms with Crippen molar-refractivity contribution in [2.75, 3.05) is 26.4 Å². The summed E-state index contributed by atoms with van der Waals surface area (Å²) in [5.41, 5.74) is -0.619. The Morgan fingerprint density at radius 3 is 1.67 bits per heavy atom. The Bertz CT molecular complexity index is 1090. The van der Waals surface area contributed by atoms with Gasteiger partial charge in [-0.1, -0.05) is 48.5 Å². The maximum absolute atomic E-state index is 14.2. The monoisotopic (exact) mass is 537 g/mol. The van der Waals surface area contributed by atoms with Crippen molar-refractivity contribution in [1.29, 1.82) is 0 Å². The predicted octanol–water partition coefficient (Wildman–Crippen LogP) is 6.13. The number of hydrogen-bond acceptors (Lipinski definition) is 9. The standard InChI is InChI=1S/C25H33NO8P2/c1-5-30-35(28,31-6-2)22(36(29,32-7-3)33-8-4)19-25(21-17-13-10-14-18-21)24(27)34-23(26-25)20-15-11-9-12-16-20/h9-18,22H,5-8,19H2,1-4H3. The van der Waals surface area contributed by atoms with Gasteiger partial charge in [-0.3, -0.25) is 9.13 Å². The third-order valence-corrected chi connectivity index (χ3v) is 11.5. The second kappa shape index (κ2) is 12.4. The van der Waals surface area contributed by atoms with E-state index >= 15 is 0 Å². The first-order chi connectivity index (χ1) is 17.3. The highest BCUT2D eigenvalue weighted by Gasteiger charge is 2.59. The zero-order valence-corrected chi connectivity index (χ0v) is 22.8. The minimum Gasteiger partial charge on any atom is -0.405 e. The van der Waals surface area contributed by atoms with Crippen LogP contribution in [0.15, 0.2) is 65.7 Å². The molecular formula is C25H33NO8P2. The van der Waals surface area contributed by atoms with Crippen LogP contribution in [-0.4, -0.2) is 43.7 Å². The average molecular weight is 537 g/mol. The largest absolute Gasteiger partial charge is 0.405 e. The summed E-state index contributed by atoms with van der Waals surface area (Å²) in [5.74, 6) is -0.592. The van der Waals surface area contributed by atoms with Gasteiger partial charge >= 0.3 is 21.2 Å². The van der Waals surface area contributed by atoms with Gasteiger partial charge in [0, 0.05) is 12.0 Å². The molecule has 0 saturated carbocycles. The van der Waals surface area contributed by atoms with Gasteiger partial charge in [-0.2, -0.15) is 0 Å². The highest BCUT2D eigenvalue weighted by atomic mass is 31.2. The lowest BCUT2D eigenvalue weighted by Crippen LogP contribution is -2.36.